The van der Waals surface area contributed by atoms with Gasteiger partial charge in [-0.05, 0) is 23.3 Å². The monoisotopic (exact) mass is 365 g/mol. The van der Waals surface area contributed by atoms with Gasteiger partial charge in [0.1, 0.15) is 5.75 Å². The molecule has 0 atom stereocenters. The molecule has 0 heterocycles. The van der Waals surface area contributed by atoms with E-state index < -0.39 is 28.0 Å². The van der Waals surface area contributed by atoms with Crippen LogP contribution in [-0.2, 0) is 0 Å². The van der Waals surface area contributed by atoms with Crippen LogP contribution in [0.2, 0.25) is 0 Å². The highest BCUT2D eigenvalue weighted by molar-refractivity contribution is 6.08. The lowest BCUT2D eigenvalue weighted by Gasteiger charge is -2.08. The molecule has 3 N–H and O–H groups in total. The fourth-order valence-electron chi connectivity index (χ4n) is 2.73. The largest absolute Gasteiger partial charge is 0.507 e. The van der Waals surface area contributed by atoms with Crippen molar-refractivity contribution in [1.82, 2.24) is 5.43 Å². The van der Waals surface area contributed by atoms with Crippen molar-refractivity contribution in [3.63, 3.8) is 0 Å². The molecule has 3 aromatic rings. The quantitative estimate of drug-likeness (QED) is 0.372. The zero-order valence-corrected chi connectivity index (χ0v) is 14.2. The summed E-state index contributed by atoms with van der Waals surface area (Å²) >= 11 is 0. The number of rotatable bonds is 4. The Morgan fingerprint density at radius 3 is 2.63 bits per heavy atom. The van der Waals surface area contributed by atoms with Crippen LogP contribution in [0, 0.1) is 17.0 Å². The van der Waals surface area contributed by atoms with Crippen LogP contribution < -0.4 is 5.43 Å². The van der Waals surface area contributed by atoms with Crippen LogP contribution in [0.15, 0.2) is 53.6 Å². The first-order chi connectivity index (χ1) is 12.9. The van der Waals surface area contributed by atoms with Crippen molar-refractivity contribution < 1.29 is 19.9 Å². The molecule has 136 valence electrons. The minimum Gasteiger partial charge on any atom is -0.507 e. The number of aromatic hydroxyl groups is 2. The van der Waals surface area contributed by atoms with Gasteiger partial charge >= 0.3 is 5.69 Å². The number of nitrogens with zero attached hydrogens (tertiary/aromatic N) is 2. The van der Waals surface area contributed by atoms with E-state index in [0.717, 1.165) is 34.7 Å². The molecule has 0 spiro atoms. The van der Waals surface area contributed by atoms with Crippen LogP contribution >= 0.6 is 0 Å². The molecular weight excluding hydrogens is 350 g/mol. The third kappa shape index (κ3) is 3.54. The number of hydrogen-bond donors (Lipinski definition) is 3. The maximum atomic E-state index is 12.5. The molecule has 0 unspecified atom stereocenters. The van der Waals surface area contributed by atoms with Gasteiger partial charge in [-0.25, -0.2) is 5.43 Å². The van der Waals surface area contributed by atoms with E-state index in [-0.39, 0.29) is 5.56 Å². The molecule has 0 bridgehead atoms. The highest BCUT2D eigenvalue weighted by Gasteiger charge is 2.17. The van der Waals surface area contributed by atoms with Crippen molar-refractivity contribution in [2.24, 2.45) is 5.10 Å². The van der Waals surface area contributed by atoms with E-state index in [2.05, 4.69) is 10.5 Å². The average Bonchev–Trinajstić information content (AvgIpc) is 2.62. The lowest BCUT2D eigenvalue weighted by Crippen LogP contribution is -2.19. The maximum absolute atomic E-state index is 12.5. The zero-order chi connectivity index (χ0) is 19.6. The van der Waals surface area contributed by atoms with Gasteiger partial charge in [0, 0.05) is 17.7 Å². The Morgan fingerprint density at radius 1 is 1.15 bits per heavy atom. The summed E-state index contributed by atoms with van der Waals surface area (Å²) in [6, 6.07) is 13.0. The highest BCUT2D eigenvalue weighted by Crippen LogP contribution is 2.32. The van der Waals surface area contributed by atoms with Crippen LogP contribution in [0.1, 0.15) is 21.5 Å². The third-order valence-corrected chi connectivity index (χ3v) is 4.05. The Hall–Kier alpha value is -3.94. The van der Waals surface area contributed by atoms with E-state index in [1.54, 1.807) is 6.92 Å². The van der Waals surface area contributed by atoms with Crippen molar-refractivity contribution in [2.45, 2.75) is 6.92 Å². The van der Waals surface area contributed by atoms with Gasteiger partial charge in [0.2, 0.25) is 0 Å². The van der Waals surface area contributed by atoms with Gasteiger partial charge in [-0.2, -0.15) is 5.10 Å². The summed E-state index contributed by atoms with van der Waals surface area (Å²) in [6.45, 7) is 1.81. The second-order valence-electron chi connectivity index (χ2n) is 5.83. The Morgan fingerprint density at radius 2 is 1.89 bits per heavy atom. The molecule has 0 aliphatic carbocycles. The molecular formula is C19H15N3O5. The fraction of sp³-hybridized carbons (Fsp3) is 0.0526. The summed E-state index contributed by atoms with van der Waals surface area (Å²) in [6.07, 6.45) is 1.07. The summed E-state index contributed by atoms with van der Waals surface area (Å²) in [7, 11) is 0. The van der Waals surface area contributed by atoms with E-state index in [1.165, 1.54) is 0 Å². The maximum Gasteiger partial charge on any atom is 0.311 e. The van der Waals surface area contributed by atoms with E-state index in [1.807, 2.05) is 36.4 Å². The number of hydrogen-bond acceptors (Lipinski definition) is 6. The molecule has 0 saturated heterocycles. The smallest absolute Gasteiger partial charge is 0.311 e. The van der Waals surface area contributed by atoms with E-state index in [4.69, 9.17) is 0 Å². The number of phenolic OH excluding ortho intramolecular Hbond substituents is 2. The number of nitrogens with one attached hydrogen (secondary N) is 1. The Balaban J connectivity index is 1.88. The lowest BCUT2D eigenvalue weighted by molar-refractivity contribution is -0.385. The number of fused-ring (bicyclic) bond motifs is 1. The molecule has 0 aromatic heterocycles. The minimum absolute atomic E-state index is 0.0190. The number of nitro groups is 1. The SMILES string of the molecule is Cc1ccc2ccccc2c1C(=O)N/N=C\c1cc([N+](=O)[O-])c(O)cc1O. The van der Waals surface area contributed by atoms with Gasteiger partial charge in [0.25, 0.3) is 5.91 Å². The van der Waals surface area contributed by atoms with Crippen LogP contribution in [0.3, 0.4) is 0 Å². The standard InChI is InChI=1S/C19H15N3O5/c1-11-6-7-12-4-2-3-5-14(12)18(11)19(25)21-20-10-13-8-15(22(26)27)17(24)9-16(13)23/h2-10,23-24H,1H3,(H,21,25)/b20-10-. The first-order valence-electron chi connectivity index (χ1n) is 7.90. The fourth-order valence-corrected chi connectivity index (χ4v) is 2.73. The Labute approximate surface area is 153 Å². The Kier molecular flexibility index (Phi) is 4.71. The average molecular weight is 365 g/mol. The summed E-state index contributed by atoms with van der Waals surface area (Å²) in [5.74, 6) is -1.52. The highest BCUT2D eigenvalue weighted by atomic mass is 16.6. The van der Waals surface area contributed by atoms with Gasteiger partial charge in [-0.15, -0.1) is 0 Å². The number of aryl methyl sites for hydroxylation is 1. The first kappa shape index (κ1) is 17.9. The number of nitro benzene ring substituents is 1. The molecule has 3 aromatic carbocycles. The molecule has 0 fully saturated rings. The Bertz CT molecular complexity index is 1090. The molecule has 3 rings (SSSR count). The normalized spacial score (nSPS) is 11.0. The summed E-state index contributed by atoms with van der Waals surface area (Å²) in [5.41, 5.74) is 2.99. The predicted octanol–water partition coefficient (Wildman–Crippen LogP) is 3.23. The van der Waals surface area contributed by atoms with Gasteiger partial charge in [0.05, 0.1) is 16.7 Å². The number of phenols is 2. The molecule has 0 radical (unpaired) electrons. The van der Waals surface area contributed by atoms with Gasteiger partial charge in [-0.1, -0.05) is 36.4 Å². The molecule has 0 aliphatic heterocycles. The van der Waals surface area contributed by atoms with E-state index in [0.29, 0.717) is 5.56 Å². The predicted molar refractivity (Wildman–Crippen MR) is 100 cm³/mol. The van der Waals surface area contributed by atoms with E-state index in [9.17, 15) is 25.1 Å². The molecule has 0 aliphatic rings. The number of carbonyl (C=O) groups excluding carboxylic acids is 1. The topological polar surface area (TPSA) is 125 Å². The second-order valence-corrected chi connectivity index (χ2v) is 5.83. The number of amides is 1. The number of carbonyl (C=O) groups is 1. The molecule has 0 saturated carbocycles. The summed E-state index contributed by atoms with van der Waals surface area (Å²) in [5, 5.41) is 35.6. The minimum atomic E-state index is -0.788. The van der Waals surface area contributed by atoms with Crippen molar-refractivity contribution in [3.8, 4) is 11.5 Å². The number of benzene rings is 3. The second kappa shape index (κ2) is 7.12. The summed E-state index contributed by atoms with van der Waals surface area (Å²) in [4.78, 5) is 22.6. The van der Waals surface area contributed by atoms with Crippen LogP contribution in [0.4, 0.5) is 5.69 Å². The van der Waals surface area contributed by atoms with Crippen molar-refractivity contribution >= 4 is 28.6 Å². The van der Waals surface area contributed by atoms with Gasteiger partial charge in [-0.3, -0.25) is 14.9 Å². The zero-order valence-electron chi connectivity index (χ0n) is 14.2. The molecule has 27 heavy (non-hydrogen) atoms. The van der Waals surface area contributed by atoms with E-state index >= 15 is 0 Å². The lowest BCUT2D eigenvalue weighted by atomic mass is 9.99. The van der Waals surface area contributed by atoms with Crippen molar-refractivity contribution in [1.29, 1.82) is 0 Å². The third-order valence-electron chi connectivity index (χ3n) is 4.05. The molecule has 8 heteroatoms. The van der Waals surface area contributed by atoms with Crippen molar-refractivity contribution in [2.75, 3.05) is 0 Å². The van der Waals surface area contributed by atoms with Crippen LogP contribution in [0.5, 0.6) is 11.5 Å². The molecule has 8 nitrogen and oxygen atoms in total. The first-order valence-corrected chi connectivity index (χ1v) is 7.90. The van der Waals surface area contributed by atoms with Crippen LogP contribution in [-0.4, -0.2) is 27.3 Å². The van der Waals surface area contributed by atoms with Crippen LogP contribution in [0.25, 0.3) is 10.8 Å². The molecule has 1 amide bonds. The van der Waals surface area contributed by atoms with Gasteiger partial charge in [0.15, 0.2) is 5.75 Å². The summed E-state index contributed by atoms with van der Waals surface area (Å²) < 4.78 is 0. The van der Waals surface area contributed by atoms with Crippen molar-refractivity contribution in [3.05, 3.63) is 75.3 Å². The number of hydrazone groups is 1. The van der Waals surface area contributed by atoms with Gasteiger partial charge < -0.3 is 10.2 Å².